The van der Waals surface area contributed by atoms with Crippen LogP contribution in [-0.4, -0.2) is 22.8 Å². The number of nitrogens with zero attached hydrogens (tertiary/aromatic N) is 2. The van der Waals surface area contributed by atoms with Crippen LogP contribution in [0.4, 0.5) is 4.39 Å². The molecule has 0 amide bonds. The van der Waals surface area contributed by atoms with Gasteiger partial charge in [0.05, 0.1) is 19.5 Å². The summed E-state index contributed by atoms with van der Waals surface area (Å²) in [5, 5.41) is 0.591. The van der Waals surface area contributed by atoms with Crippen molar-refractivity contribution >= 4 is 11.6 Å². The quantitative estimate of drug-likeness (QED) is 0.726. The van der Waals surface area contributed by atoms with Crippen molar-refractivity contribution < 1.29 is 9.13 Å². The number of rotatable bonds is 7. The van der Waals surface area contributed by atoms with E-state index < -0.39 is 5.67 Å². The smallest absolute Gasteiger partial charge is 0.176 e. The Morgan fingerprint density at radius 3 is 2.70 bits per heavy atom. The third kappa shape index (κ3) is 3.81. The van der Waals surface area contributed by atoms with Crippen molar-refractivity contribution in [3.05, 3.63) is 53.6 Å². The van der Waals surface area contributed by atoms with Crippen molar-refractivity contribution in [1.29, 1.82) is 0 Å². The molecule has 0 bridgehead atoms. The molecule has 1 aromatic heterocycles. The molecule has 0 fully saturated rings. The maximum Gasteiger partial charge on any atom is 0.176 e. The normalized spacial score (nSPS) is 14.2. The molecular formula is C15H18ClFN2O. The number of aromatic nitrogens is 2. The van der Waals surface area contributed by atoms with Crippen LogP contribution in [0.2, 0.25) is 5.02 Å². The minimum absolute atomic E-state index is 0.0145. The highest BCUT2D eigenvalue weighted by molar-refractivity contribution is 6.30. The maximum absolute atomic E-state index is 15.3. The van der Waals surface area contributed by atoms with Gasteiger partial charge in [0.1, 0.15) is 0 Å². The summed E-state index contributed by atoms with van der Waals surface area (Å²) in [6, 6.07) is 6.79. The third-order valence-electron chi connectivity index (χ3n) is 3.03. The van der Waals surface area contributed by atoms with Gasteiger partial charge in [0.15, 0.2) is 5.67 Å². The van der Waals surface area contributed by atoms with Crippen molar-refractivity contribution in [2.45, 2.75) is 25.6 Å². The van der Waals surface area contributed by atoms with E-state index in [0.717, 1.165) is 6.42 Å². The molecule has 0 N–H and O–H groups in total. The Hall–Kier alpha value is -1.39. The largest absolute Gasteiger partial charge is 0.378 e. The third-order valence-corrected chi connectivity index (χ3v) is 3.29. The monoisotopic (exact) mass is 296 g/mol. The van der Waals surface area contributed by atoms with E-state index in [1.165, 1.54) is 0 Å². The second-order valence-electron chi connectivity index (χ2n) is 4.76. The molecule has 108 valence electrons. The summed E-state index contributed by atoms with van der Waals surface area (Å²) < 4.78 is 22.5. The van der Waals surface area contributed by atoms with Crippen LogP contribution in [0.5, 0.6) is 0 Å². The van der Waals surface area contributed by atoms with Gasteiger partial charge in [-0.1, -0.05) is 30.7 Å². The highest BCUT2D eigenvalue weighted by atomic mass is 35.5. The molecule has 0 radical (unpaired) electrons. The van der Waals surface area contributed by atoms with E-state index in [1.807, 2.05) is 6.92 Å². The molecule has 0 saturated heterocycles. The summed E-state index contributed by atoms with van der Waals surface area (Å²) >= 11 is 5.86. The fourth-order valence-corrected chi connectivity index (χ4v) is 2.14. The summed E-state index contributed by atoms with van der Waals surface area (Å²) in [7, 11) is 0. The van der Waals surface area contributed by atoms with E-state index in [-0.39, 0.29) is 13.2 Å². The SMILES string of the molecule is CCCOCC(F)(Cn1ccnc1)c1ccc(Cl)cc1. The predicted octanol–water partition coefficient (Wildman–Crippen LogP) is 3.83. The number of ether oxygens (including phenoxy) is 1. The molecule has 20 heavy (non-hydrogen) atoms. The molecule has 0 aliphatic heterocycles. The first-order chi connectivity index (χ1) is 9.64. The first kappa shape index (κ1) is 15.0. The highest BCUT2D eigenvalue weighted by Gasteiger charge is 2.33. The van der Waals surface area contributed by atoms with Crippen molar-refractivity contribution in [2.75, 3.05) is 13.2 Å². The van der Waals surface area contributed by atoms with E-state index in [0.29, 0.717) is 17.2 Å². The van der Waals surface area contributed by atoms with Crippen LogP contribution >= 0.6 is 11.6 Å². The van der Waals surface area contributed by atoms with E-state index in [1.54, 1.807) is 47.6 Å². The van der Waals surface area contributed by atoms with Crippen LogP contribution in [-0.2, 0) is 17.0 Å². The lowest BCUT2D eigenvalue weighted by Crippen LogP contribution is -2.32. The Morgan fingerprint density at radius 1 is 1.35 bits per heavy atom. The number of halogens is 2. The van der Waals surface area contributed by atoms with E-state index in [2.05, 4.69) is 4.98 Å². The van der Waals surface area contributed by atoms with Gasteiger partial charge in [-0.05, 0) is 24.1 Å². The average Bonchev–Trinajstić information content (AvgIpc) is 2.92. The first-order valence-corrected chi connectivity index (χ1v) is 7.00. The summed E-state index contributed by atoms with van der Waals surface area (Å²) in [5.41, 5.74) is -1.04. The number of imidazole rings is 1. The zero-order valence-electron chi connectivity index (χ0n) is 11.4. The number of hydrogen-bond donors (Lipinski definition) is 0. The van der Waals surface area contributed by atoms with Crippen LogP contribution < -0.4 is 0 Å². The molecule has 1 atom stereocenters. The number of alkyl halides is 1. The number of hydrogen-bond acceptors (Lipinski definition) is 2. The van der Waals surface area contributed by atoms with E-state index >= 15 is 4.39 Å². The van der Waals surface area contributed by atoms with E-state index in [4.69, 9.17) is 16.3 Å². The average molecular weight is 297 g/mol. The molecule has 5 heteroatoms. The van der Waals surface area contributed by atoms with Crippen molar-refractivity contribution in [2.24, 2.45) is 0 Å². The Morgan fingerprint density at radius 2 is 2.10 bits per heavy atom. The lowest BCUT2D eigenvalue weighted by atomic mass is 9.96. The molecule has 3 nitrogen and oxygen atoms in total. The fourth-order valence-electron chi connectivity index (χ4n) is 2.02. The van der Waals surface area contributed by atoms with Crippen LogP contribution in [0.15, 0.2) is 43.0 Å². The minimum Gasteiger partial charge on any atom is -0.378 e. The van der Waals surface area contributed by atoms with Gasteiger partial charge < -0.3 is 9.30 Å². The van der Waals surface area contributed by atoms with Crippen LogP contribution in [0.1, 0.15) is 18.9 Å². The predicted molar refractivity (Wildman–Crippen MR) is 77.6 cm³/mol. The lowest BCUT2D eigenvalue weighted by molar-refractivity contribution is 0.000905. The van der Waals surface area contributed by atoms with Crippen LogP contribution in [0.3, 0.4) is 0 Å². The Bertz CT molecular complexity index is 515. The molecule has 0 spiro atoms. The Labute approximate surface area is 123 Å². The molecule has 2 aromatic rings. The fraction of sp³-hybridized carbons (Fsp3) is 0.400. The molecule has 1 unspecified atom stereocenters. The lowest BCUT2D eigenvalue weighted by Gasteiger charge is -2.26. The Kier molecular flexibility index (Phi) is 5.15. The standard InChI is InChI=1S/C15H18ClFN2O/c1-2-9-20-11-15(17,10-19-8-7-18-12-19)13-3-5-14(16)6-4-13/h3-8,12H,2,9-11H2,1H3. The number of benzene rings is 1. The zero-order chi connectivity index (χ0) is 14.4. The maximum atomic E-state index is 15.3. The van der Waals surface area contributed by atoms with E-state index in [9.17, 15) is 0 Å². The molecule has 0 aliphatic carbocycles. The minimum atomic E-state index is -1.60. The first-order valence-electron chi connectivity index (χ1n) is 6.62. The highest BCUT2D eigenvalue weighted by Crippen LogP contribution is 2.29. The Balaban J connectivity index is 2.20. The molecule has 1 heterocycles. The molecule has 0 saturated carbocycles. The summed E-state index contributed by atoms with van der Waals surface area (Å²) in [6.07, 6.45) is 5.84. The second-order valence-corrected chi connectivity index (χ2v) is 5.20. The van der Waals surface area contributed by atoms with Crippen molar-refractivity contribution in [3.8, 4) is 0 Å². The van der Waals surface area contributed by atoms with Gasteiger partial charge >= 0.3 is 0 Å². The van der Waals surface area contributed by atoms with Gasteiger partial charge in [0.2, 0.25) is 0 Å². The second kappa shape index (κ2) is 6.86. The zero-order valence-corrected chi connectivity index (χ0v) is 12.2. The summed E-state index contributed by atoms with van der Waals surface area (Å²) in [5.74, 6) is 0. The summed E-state index contributed by atoms with van der Waals surface area (Å²) in [6.45, 7) is 2.72. The van der Waals surface area contributed by atoms with Crippen molar-refractivity contribution in [1.82, 2.24) is 9.55 Å². The van der Waals surface area contributed by atoms with Crippen LogP contribution in [0, 0.1) is 0 Å². The van der Waals surface area contributed by atoms with Crippen molar-refractivity contribution in [3.63, 3.8) is 0 Å². The van der Waals surface area contributed by atoms with Crippen LogP contribution in [0.25, 0.3) is 0 Å². The van der Waals surface area contributed by atoms with Gasteiger partial charge in [0, 0.05) is 24.0 Å². The van der Waals surface area contributed by atoms with Gasteiger partial charge in [-0.2, -0.15) is 0 Å². The topological polar surface area (TPSA) is 27.1 Å². The molecule has 2 rings (SSSR count). The molecule has 0 aliphatic rings. The molecule has 1 aromatic carbocycles. The summed E-state index contributed by atoms with van der Waals surface area (Å²) in [4.78, 5) is 3.94. The van der Waals surface area contributed by atoms with Gasteiger partial charge in [0.25, 0.3) is 0 Å². The van der Waals surface area contributed by atoms with Gasteiger partial charge in [-0.25, -0.2) is 9.37 Å². The van der Waals surface area contributed by atoms with Gasteiger partial charge in [-0.15, -0.1) is 0 Å². The molecular weight excluding hydrogens is 279 g/mol. The van der Waals surface area contributed by atoms with Gasteiger partial charge in [-0.3, -0.25) is 0 Å².